The quantitative estimate of drug-likeness (QED) is 0.539. The molecule has 4 fully saturated rings. The van der Waals surface area contributed by atoms with E-state index in [0.29, 0.717) is 13.2 Å². The third-order valence-corrected chi connectivity index (χ3v) is 5.95. The first kappa shape index (κ1) is 13.3. The summed E-state index contributed by atoms with van der Waals surface area (Å²) in [5.41, 5.74) is 2.79. The molecule has 0 aromatic heterocycles. The fourth-order valence-corrected chi connectivity index (χ4v) is 4.60. The fraction of sp³-hybridized carbons (Fsp3) is 0.812. The predicted octanol–water partition coefficient (Wildman–Crippen LogP) is 2.95. The fourth-order valence-electron chi connectivity index (χ4n) is 4.60. The van der Waals surface area contributed by atoms with Gasteiger partial charge in [0.25, 0.3) is 0 Å². The second-order valence-corrected chi connectivity index (χ2v) is 6.88. The normalized spacial score (nSPS) is 43.8. The van der Waals surface area contributed by atoms with E-state index >= 15 is 0 Å². The zero-order valence-corrected chi connectivity index (χ0v) is 12.4. The summed E-state index contributed by atoms with van der Waals surface area (Å²) in [6, 6.07) is 0. The summed E-state index contributed by atoms with van der Waals surface area (Å²) in [7, 11) is 0. The van der Waals surface area contributed by atoms with E-state index in [1.165, 1.54) is 11.1 Å². The highest BCUT2D eigenvalue weighted by Gasteiger charge is 2.66. The minimum Gasteiger partial charge on any atom is -0.347 e. The van der Waals surface area contributed by atoms with Crippen LogP contribution in [0.3, 0.4) is 0 Å². The molecule has 4 aliphatic rings. The van der Waals surface area contributed by atoms with E-state index in [0.717, 1.165) is 19.1 Å². The maximum absolute atomic E-state index is 11.5. The average Bonchev–Trinajstić information content (AvgIpc) is 2.85. The monoisotopic (exact) mass is 264 g/mol. The number of aldehydes is 1. The van der Waals surface area contributed by atoms with Gasteiger partial charge in [-0.1, -0.05) is 25.0 Å². The van der Waals surface area contributed by atoms with Gasteiger partial charge in [0.15, 0.2) is 5.79 Å². The first-order chi connectivity index (χ1) is 8.95. The molecule has 3 saturated carbocycles. The van der Waals surface area contributed by atoms with E-state index < -0.39 is 5.79 Å². The zero-order valence-electron chi connectivity index (χ0n) is 12.4. The summed E-state index contributed by atoms with van der Waals surface area (Å²) >= 11 is 0. The molecule has 0 amide bonds. The van der Waals surface area contributed by atoms with Gasteiger partial charge in [-0.25, -0.2) is 0 Å². The average molecular weight is 264 g/mol. The van der Waals surface area contributed by atoms with Crippen LogP contribution in [0, 0.1) is 23.2 Å². The molecular formula is C16H24O3. The number of rotatable bonds is 1. The van der Waals surface area contributed by atoms with Crippen LogP contribution in [0.2, 0.25) is 0 Å². The highest BCUT2D eigenvalue weighted by molar-refractivity contribution is 5.57. The van der Waals surface area contributed by atoms with Crippen molar-refractivity contribution in [1.29, 1.82) is 0 Å². The summed E-state index contributed by atoms with van der Waals surface area (Å²) in [6.07, 6.45) is 3.05. The van der Waals surface area contributed by atoms with E-state index in [9.17, 15) is 4.79 Å². The van der Waals surface area contributed by atoms with Crippen molar-refractivity contribution in [1.82, 2.24) is 0 Å². The van der Waals surface area contributed by atoms with Gasteiger partial charge >= 0.3 is 0 Å². The molecule has 1 aliphatic heterocycles. The molecule has 1 saturated heterocycles. The van der Waals surface area contributed by atoms with Gasteiger partial charge < -0.3 is 14.3 Å². The molecule has 0 aromatic rings. The maximum Gasteiger partial charge on any atom is 0.178 e. The molecule has 1 spiro atoms. The molecule has 3 heteroatoms. The highest BCUT2D eigenvalue weighted by atomic mass is 16.7. The molecule has 1 heterocycles. The lowest BCUT2D eigenvalue weighted by Gasteiger charge is -2.61. The smallest absolute Gasteiger partial charge is 0.178 e. The molecule has 3 nitrogen and oxygen atoms in total. The van der Waals surface area contributed by atoms with Crippen LogP contribution in [-0.2, 0) is 14.3 Å². The Labute approximate surface area is 115 Å². The Morgan fingerprint density at radius 2 is 1.95 bits per heavy atom. The van der Waals surface area contributed by atoms with Crippen molar-refractivity contribution >= 4 is 6.29 Å². The lowest BCUT2D eigenvalue weighted by atomic mass is 9.47. The molecule has 0 radical (unpaired) electrons. The van der Waals surface area contributed by atoms with E-state index in [4.69, 9.17) is 9.47 Å². The Morgan fingerprint density at radius 3 is 2.47 bits per heavy atom. The molecule has 4 atom stereocenters. The Hall–Kier alpha value is -0.670. The van der Waals surface area contributed by atoms with Gasteiger partial charge in [0, 0.05) is 17.8 Å². The molecule has 0 N–H and O–H groups in total. The second kappa shape index (κ2) is 4.16. The molecule has 3 aliphatic carbocycles. The van der Waals surface area contributed by atoms with Gasteiger partial charge in [-0.2, -0.15) is 0 Å². The maximum atomic E-state index is 11.5. The number of allylic oxidation sites excluding steroid dienone is 1. The van der Waals surface area contributed by atoms with Gasteiger partial charge in [-0.15, -0.1) is 0 Å². The van der Waals surface area contributed by atoms with E-state index in [-0.39, 0.29) is 23.2 Å². The first-order valence-electron chi connectivity index (χ1n) is 7.35. The van der Waals surface area contributed by atoms with Crippen molar-refractivity contribution in [2.75, 3.05) is 13.2 Å². The number of carbonyl (C=O) groups excluding carboxylic acids is 1. The molecule has 4 rings (SSSR count). The van der Waals surface area contributed by atoms with E-state index in [2.05, 4.69) is 27.7 Å². The third kappa shape index (κ3) is 1.55. The topological polar surface area (TPSA) is 35.5 Å². The van der Waals surface area contributed by atoms with Gasteiger partial charge in [-0.05, 0) is 32.1 Å². The Balaban J connectivity index is 2.12. The van der Waals surface area contributed by atoms with Crippen LogP contribution in [0.25, 0.3) is 0 Å². The summed E-state index contributed by atoms with van der Waals surface area (Å²) < 4.78 is 12.2. The summed E-state index contributed by atoms with van der Waals surface area (Å²) in [5, 5.41) is 0. The Kier molecular flexibility index (Phi) is 2.92. The summed E-state index contributed by atoms with van der Waals surface area (Å²) in [6.45, 7) is 10.1. The number of hydrogen-bond donors (Lipinski definition) is 0. The third-order valence-electron chi connectivity index (χ3n) is 5.95. The minimum atomic E-state index is -0.473. The van der Waals surface area contributed by atoms with Gasteiger partial charge in [0.2, 0.25) is 0 Å². The standard InChI is InChI=1S/C16H24O3/c1-10(2)13-8-15(4)11(3)16(18-5-6-19-16)14(13)7-12(15)9-17/h9,11-12,14H,5-8H2,1-4H3/t11-,12-,14-,15+/m1/s1. The number of fused-ring (bicyclic) bond motifs is 2. The molecule has 2 bridgehead atoms. The molecule has 0 aromatic carbocycles. The van der Waals surface area contributed by atoms with Gasteiger partial charge in [0.05, 0.1) is 13.2 Å². The van der Waals surface area contributed by atoms with Crippen LogP contribution < -0.4 is 0 Å². The van der Waals surface area contributed by atoms with Crippen LogP contribution in [0.5, 0.6) is 0 Å². The summed E-state index contributed by atoms with van der Waals surface area (Å²) in [5.74, 6) is 0.180. The van der Waals surface area contributed by atoms with Gasteiger partial charge in [-0.3, -0.25) is 0 Å². The van der Waals surface area contributed by atoms with Crippen LogP contribution in [0.15, 0.2) is 11.1 Å². The van der Waals surface area contributed by atoms with Crippen LogP contribution >= 0.6 is 0 Å². The predicted molar refractivity (Wildman–Crippen MR) is 72.6 cm³/mol. The molecule has 19 heavy (non-hydrogen) atoms. The summed E-state index contributed by atoms with van der Waals surface area (Å²) in [4.78, 5) is 11.5. The minimum absolute atomic E-state index is 0.0343. The van der Waals surface area contributed by atoms with Crippen LogP contribution in [0.1, 0.15) is 40.5 Å². The second-order valence-electron chi connectivity index (χ2n) is 6.88. The van der Waals surface area contributed by atoms with Crippen molar-refractivity contribution in [3.8, 4) is 0 Å². The lowest BCUT2D eigenvalue weighted by molar-refractivity contribution is -0.285. The zero-order chi connectivity index (χ0) is 13.8. The van der Waals surface area contributed by atoms with Crippen molar-refractivity contribution in [3.05, 3.63) is 11.1 Å². The Bertz CT molecular complexity index is 429. The van der Waals surface area contributed by atoms with Crippen LogP contribution in [0.4, 0.5) is 0 Å². The molecule has 0 unspecified atom stereocenters. The van der Waals surface area contributed by atoms with Crippen molar-refractivity contribution in [2.45, 2.75) is 46.3 Å². The van der Waals surface area contributed by atoms with Crippen LogP contribution in [-0.4, -0.2) is 25.3 Å². The highest BCUT2D eigenvalue weighted by Crippen LogP contribution is 2.64. The first-order valence-corrected chi connectivity index (χ1v) is 7.35. The number of hydrogen-bond acceptors (Lipinski definition) is 3. The number of ether oxygens (including phenoxy) is 2. The van der Waals surface area contributed by atoms with E-state index in [1.807, 2.05) is 0 Å². The lowest BCUT2D eigenvalue weighted by Crippen LogP contribution is -2.63. The SMILES string of the molecule is CC(C)=C1C[C@]2(C)[C@@H](C=O)C[C@H]1C1(OCCO1)[C@@H]2C. The van der Waals surface area contributed by atoms with Crippen molar-refractivity contribution in [3.63, 3.8) is 0 Å². The molecular weight excluding hydrogens is 240 g/mol. The van der Waals surface area contributed by atoms with Crippen molar-refractivity contribution < 1.29 is 14.3 Å². The Morgan fingerprint density at radius 1 is 1.32 bits per heavy atom. The van der Waals surface area contributed by atoms with Crippen molar-refractivity contribution in [2.24, 2.45) is 23.2 Å². The van der Waals surface area contributed by atoms with E-state index in [1.54, 1.807) is 0 Å². The molecule has 106 valence electrons. The number of carbonyl (C=O) groups is 1. The van der Waals surface area contributed by atoms with Gasteiger partial charge in [0.1, 0.15) is 6.29 Å². The largest absolute Gasteiger partial charge is 0.347 e.